The van der Waals surface area contributed by atoms with Gasteiger partial charge >= 0.3 is 5.92 Å². The van der Waals surface area contributed by atoms with Crippen molar-refractivity contribution < 1.29 is 13.5 Å². The van der Waals surface area contributed by atoms with E-state index >= 15 is 0 Å². The van der Waals surface area contributed by atoms with Crippen LogP contribution < -0.4 is 25.8 Å². The molecular weight excluding hydrogens is 514 g/mol. The molecule has 0 radical (unpaired) electrons. The molecule has 38 heavy (non-hydrogen) atoms. The summed E-state index contributed by atoms with van der Waals surface area (Å²) in [5, 5.41) is 7.25. The average Bonchev–Trinajstić information content (AvgIpc) is 3.76. The number of pyridine rings is 1. The summed E-state index contributed by atoms with van der Waals surface area (Å²) < 4.78 is 36.7. The number of piperidine rings is 1. The number of halogens is 3. The van der Waals surface area contributed by atoms with Crippen LogP contribution in [-0.4, -0.2) is 46.2 Å². The molecule has 0 unspecified atom stereocenters. The summed E-state index contributed by atoms with van der Waals surface area (Å²) in [6.07, 6.45) is 6.46. The highest BCUT2D eigenvalue weighted by atomic mass is 35.5. The smallest absolute Gasteiger partial charge is 0.301 e. The standard InChI is InChI=1S/C27H31ClF2N6O2/c1-3-15-5-4-10-36(13-15)26-31-12-19(28)24(34-26)32-17-8-9-20-18(11-17)21-22(25(37)35(20)2)38-14-27(29,30)23(33-21)16-6-7-16/h8-9,11-12,15-16,23,33H,3-7,10,13-14H2,1-2H3,(H,31,32,34)/t15-,23-/m0/s1. The molecule has 1 aliphatic carbocycles. The maximum absolute atomic E-state index is 14.9. The van der Waals surface area contributed by atoms with E-state index in [1.54, 1.807) is 19.3 Å². The lowest BCUT2D eigenvalue weighted by molar-refractivity contribution is -0.0579. The number of benzene rings is 1. The number of alkyl halides is 2. The number of nitrogens with one attached hydrogen (secondary N) is 2. The normalized spacial score (nSPS) is 22.8. The summed E-state index contributed by atoms with van der Waals surface area (Å²) >= 11 is 6.47. The Kier molecular flexibility index (Phi) is 6.32. The van der Waals surface area contributed by atoms with Gasteiger partial charge in [0.2, 0.25) is 11.7 Å². The van der Waals surface area contributed by atoms with Crippen molar-refractivity contribution in [3.63, 3.8) is 0 Å². The summed E-state index contributed by atoms with van der Waals surface area (Å²) in [6, 6.07) is 4.31. The molecule has 2 fully saturated rings. The van der Waals surface area contributed by atoms with E-state index in [4.69, 9.17) is 21.3 Å². The van der Waals surface area contributed by atoms with Gasteiger partial charge in [0, 0.05) is 31.2 Å². The van der Waals surface area contributed by atoms with Crippen molar-refractivity contribution in [3.8, 4) is 5.75 Å². The van der Waals surface area contributed by atoms with E-state index in [2.05, 4.69) is 27.4 Å². The topological polar surface area (TPSA) is 84.3 Å². The quantitative estimate of drug-likeness (QED) is 0.434. The van der Waals surface area contributed by atoms with Crippen LogP contribution in [-0.2, 0) is 7.05 Å². The van der Waals surface area contributed by atoms with Gasteiger partial charge in [-0.25, -0.2) is 13.8 Å². The molecule has 3 aromatic rings. The molecule has 1 saturated carbocycles. The minimum atomic E-state index is -3.09. The van der Waals surface area contributed by atoms with Crippen molar-refractivity contribution in [3.05, 3.63) is 39.8 Å². The Morgan fingerprint density at radius 1 is 1.29 bits per heavy atom. The number of nitrogens with zero attached hydrogens (tertiary/aromatic N) is 4. The highest BCUT2D eigenvalue weighted by Gasteiger charge is 2.51. The minimum absolute atomic E-state index is 0.0853. The summed E-state index contributed by atoms with van der Waals surface area (Å²) in [7, 11) is 1.61. The van der Waals surface area contributed by atoms with Crippen LogP contribution in [0.5, 0.6) is 5.75 Å². The Bertz CT molecular complexity index is 1440. The van der Waals surface area contributed by atoms with Crippen LogP contribution in [0.15, 0.2) is 29.2 Å². The Hall–Kier alpha value is -3.14. The van der Waals surface area contributed by atoms with Crippen molar-refractivity contribution >= 4 is 45.6 Å². The first kappa shape index (κ1) is 25.2. The number of hydrogen-bond donors (Lipinski definition) is 2. The summed E-state index contributed by atoms with van der Waals surface area (Å²) in [4.78, 5) is 24.4. The molecule has 2 atom stereocenters. The molecule has 4 heterocycles. The molecule has 6 rings (SSSR count). The molecule has 8 nitrogen and oxygen atoms in total. The Labute approximate surface area is 224 Å². The molecule has 0 amide bonds. The fourth-order valence-corrected chi connectivity index (χ4v) is 5.74. The van der Waals surface area contributed by atoms with Crippen LogP contribution in [0.3, 0.4) is 0 Å². The van der Waals surface area contributed by atoms with Gasteiger partial charge < -0.3 is 24.8 Å². The van der Waals surface area contributed by atoms with E-state index < -0.39 is 24.1 Å². The zero-order valence-electron chi connectivity index (χ0n) is 21.4. The van der Waals surface area contributed by atoms with E-state index in [9.17, 15) is 13.6 Å². The van der Waals surface area contributed by atoms with Gasteiger partial charge in [0.05, 0.1) is 23.4 Å². The molecule has 0 spiro atoms. The fourth-order valence-electron chi connectivity index (χ4n) is 5.60. The first-order valence-electron chi connectivity index (χ1n) is 13.2. The van der Waals surface area contributed by atoms with E-state index in [1.807, 2.05) is 12.1 Å². The maximum atomic E-state index is 14.9. The second kappa shape index (κ2) is 9.55. The zero-order valence-corrected chi connectivity index (χ0v) is 22.2. The van der Waals surface area contributed by atoms with Gasteiger partial charge in [0.25, 0.3) is 5.56 Å². The summed E-state index contributed by atoms with van der Waals surface area (Å²) in [5.41, 5.74) is 1.09. The molecular formula is C27H31ClF2N6O2. The Balaban J connectivity index is 1.37. The zero-order chi connectivity index (χ0) is 26.6. The number of anilines is 4. The van der Waals surface area contributed by atoms with Gasteiger partial charge in [-0.05, 0) is 55.7 Å². The van der Waals surface area contributed by atoms with E-state index in [0.29, 0.717) is 45.0 Å². The number of aryl methyl sites for hydroxylation is 1. The predicted octanol–water partition coefficient (Wildman–Crippen LogP) is 5.57. The lowest BCUT2D eigenvalue weighted by Gasteiger charge is -2.32. The Morgan fingerprint density at radius 2 is 2.11 bits per heavy atom. The third-order valence-electron chi connectivity index (χ3n) is 7.98. The van der Waals surface area contributed by atoms with Gasteiger partial charge in [-0.2, -0.15) is 4.98 Å². The van der Waals surface area contributed by atoms with Crippen molar-refractivity contribution in [2.45, 2.75) is 51.0 Å². The predicted molar refractivity (Wildman–Crippen MR) is 145 cm³/mol. The molecule has 11 heteroatoms. The third-order valence-corrected chi connectivity index (χ3v) is 8.26. The molecule has 202 valence electrons. The molecule has 1 aromatic carbocycles. The van der Waals surface area contributed by atoms with E-state index in [0.717, 1.165) is 38.8 Å². The van der Waals surface area contributed by atoms with Gasteiger partial charge in [0.15, 0.2) is 12.4 Å². The van der Waals surface area contributed by atoms with Crippen molar-refractivity contribution in [1.29, 1.82) is 0 Å². The largest absolute Gasteiger partial charge is 0.480 e. The van der Waals surface area contributed by atoms with Gasteiger partial charge in [0.1, 0.15) is 5.02 Å². The second-order valence-electron chi connectivity index (χ2n) is 10.7. The molecule has 2 aromatic heterocycles. The van der Waals surface area contributed by atoms with Gasteiger partial charge in [-0.15, -0.1) is 0 Å². The fraction of sp³-hybridized carbons (Fsp3) is 0.519. The number of rotatable bonds is 5. The number of fused-ring (bicyclic) bond motifs is 3. The number of hydrogen-bond acceptors (Lipinski definition) is 7. The van der Waals surface area contributed by atoms with Crippen LogP contribution in [0.1, 0.15) is 39.0 Å². The summed E-state index contributed by atoms with van der Waals surface area (Å²) in [6.45, 7) is 3.17. The van der Waals surface area contributed by atoms with Crippen LogP contribution >= 0.6 is 11.6 Å². The second-order valence-corrected chi connectivity index (χ2v) is 11.1. The van der Waals surface area contributed by atoms with E-state index in [-0.39, 0.29) is 11.7 Å². The van der Waals surface area contributed by atoms with Crippen LogP contribution in [0.4, 0.5) is 31.9 Å². The van der Waals surface area contributed by atoms with Gasteiger partial charge in [-0.1, -0.05) is 24.9 Å². The molecule has 2 N–H and O–H groups in total. The monoisotopic (exact) mass is 544 g/mol. The van der Waals surface area contributed by atoms with Crippen LogP contribution in [0, 0.1) is 11.8 Å². The maximum Gasteiger partial charge on any atom is 0.301 e. The first-order valence-corrected chi connectivity index (χ1v) is 13.6. The first-order chi connectivity index (χ1) is 18.2. The van der Waals surface area contributed by atoms with Gasteiger partial charge in [-0.3, -0.25) is 4.79 Å². The van der Waals surface area contributed by atoms with Crippen LogP contribution in [0.25, 0.3) is 10.9 Å². The summed E-state index contributed by atoms with van der Waals surface area (Å²) in [5.74, 6) is -1.64. The van der Waals surface area contributed by atoms with Crippen molar-refractivity contribution in [2.75, 3.05) is 35.2 Å². The van der Waals surface area contributed by atoms with Crippen molar-refractivity contribution in [2.24, 2.45) is 18.9 Å². The molecule has 1 saturated heterocycles. The molecule has 2 aliphatic heterocycles. The lowest BCUT2D eigenvalue weighted by atomic mass is 9.96. The Morgan fingerprint density at radius 3 is 2.87 bits per heavy atom. The minimum Gasteiger partial charge on any atom is -0.480 e. The third kappa shape index (κ3) is 4.52. The van der Waals surface area contributed by atoms with Crippen molar-refractivity contribution in [1.82, 2.24) is 14.5 Å². The molecule has 3 aliphatic rings. The SMILES string of the molecule is CC[C@H]1CCCN(c2ncc(Cl)c(Nc3ccc4c(c3)c3c(c(=O)n4C)OCC(F)(F)[C@H](C4CC4)N3)n2)C1. The number of aromatic nitrogens is 3. The van der Waals surface area contributed by atoms with Crippen LogP contribution in [0.2, 0.25) is 5.02 Å². The highest BCUT2D eigenvalue weighted by Crippen LogP contribution is 2.45. The average molecular weight is 545 g/mol. The number of ether oxygens (including phenoxy) is 1. The molecule has 0 bridgehead atoms. The van der Waals surface area contributed by atoms with E-state index in [1.165, 1.54) is 11.0 Å². The lowest BCUT2D eigenvalue weighted by Crippen LogP contribution is -2.44. The highest BCUT2D eigenvalue weighted by molar-refractivity contribution is 6.32.